The Bertz CT molecular complexity index is 905. The average molecular weight is 368 g/mol. The molecule has 0 fully saturated rings. The third kappa shape index (κ3) is 3.37. The fourth-order valence-corrected chi connectivity index (χ4v) is 4.15. The molecule has 0 saturated carbocycles. The van der Waals surface area contributed by atoms with Crippen molar-refractivity contribution in [3.8, 4) is 11.5 Å². The Balaban J connectivity index is 1.33. The van der Waals surface area contributed by atoms with Crippen LogP contribution in [0.4, 0.5) is 0 Å². The minimum Gasteiger partial charge on any atom is -0.493 e. The summed E-state index contributed by atoms with van der Waals surface area (Å²) in [6.07, 6.45) is 1.41. The molecule has 0 spiro atoms. The molecule has 3 aromatic rings. The standard InChI is InChI=1S/C20H20N2O3S/c1-24-16-7-4-5-13-11-14(12-25-19(13)16)20(23)21-10-9-18-22-15-6-2-3-8-17(15)26-18/h2-8,14H,9-12H2,1H3,(H,21,23). The Hall–Kier alpha value is -2.60. The van der Waals surface area contributed by atoms with Crippen molar-refractivity contribution in [1.82, 2.24) is 10.3 Å². The number of carbonyl (C=O) groups is 1. The molecule has 5 nitrogen and oxygen atoms in total. The molecule has 0 saturated heterocycles. The van der Waals surface area contributed by atoms with Crippen molar-refractivity contribution in [2.24, 2.45) is 5.92 Å². The van der Waals surface area contributed by atoms with Crippen LogP contribution in [0.1, 0.15) is 10.6 Å². The lowest BCUT2D eigenvalue weighted by molar-refractivity contribution is -0.126. The van der Waals surface area contributed by atoms with E-state index in [1.807, 2.05) is 36.4 Å². The minimum absolute atomic E-state index is 0.0274. The van der Waals surface area contributed by atoms with Gasteiger partial charge >= 0.3 is 0 Å². The molecule has 1 N–H and O–H groups in total. The second kappa shape index (κ2) is 7.33. The third-order valence-corrected chi connectivity index (χ3v) is 5.62. The molecule has 2 aromatic carbocycles. The first-order chi connectivity index (χ1) is 12.7. The summed E-state index contributed by atoms with van der Waals surface area (Å²) in [4.78, 5) is 17.1. The van der Waals surface area contributed by atoms with Crippen LogP contribution in [0.15, 0.2) is 42.5 Å². The van der Waals surface area contributed by atoms with Gasteiger partial charge < -0.3 is 14.8 Å². The normalized spacial score (nSPS) is 16.0. The van der Waals surface area contributed by atoms with Gasteiger partial charge in [0.1, 0.15) is 6.61 Å². The van der Waals surface area contributed by atoms with Crippen LogP contribution in [0, 0.1) is 5.92 Å². The van der Waals surface area contributed by atoms with Crippen molar-refractivity contribution in [2.75, 3.05) is 20.3 Å². The molecular weight excluding hydrogens is 348 g/mol. The zero-order valence-corrected chi connectivity index (χ0v) is 15.3. The molecule has 0 bridgehead atoms. The number of nitrogens with one attached hydrogen (secondary N) is 1. The predicted molar refractivity (Wildman–Crippen MR) is 102 cm³/mol. The van der Waals surface area contributed by atoms with E-state index in [-0.39, 0.29) is 11.8 Å². The second-order valence-corrected chi connectivity index (χ2v) is 7.39. The highest BCUT2D eigenvalue weighted by molar-refractivity contribution is 7.18. The van der Waals surface area contributed by atoms with Gasteiger partial charge in [-0.3, -0.25) is 4.79 Å². The zero-order chi connectivity index (χ0) is 17.9. The number of methoxy groups -OCH3 is 1. The van der Waals surface area contributed by atoms with Gasteiger partial charge in [0.2, 0.25) is 5.91 Å². The number of ether oxygens (including phenoxy) is 2. The fourth-order valence-electron chi connectivity index (χ4n) is 3.19. The van der Waals surface area contributed by atoms with E-state index in [4.69, 9.17) is 9.47 Å². The molecule has 4 rings (SSSR count). The van der Waals surface area contributed by atoms with Gasteiger partial charge in [0.15, 0.2) is 11.5 Å². The lowest BCUT2D eigenvalue weighted by atomic mass is 9.95. The molecule has 1 atom stereocenters. The summed E-state index contributed by atoms with van der Waals surface area (Å²) in [7, 11) is 1.62. The van der Waals surface area contributed by atoms with E-state index in [0.717, 1.165) is 34.0 Å². The summed E-state index contributed by atoms with van der Waals surface area (Å²) in [6, 6.07) is 13.9. The maximum Gasteiger partial charge on any atom is 0.226 e. The van der Waals surface area contributed by atoms with Crippen LogP contribution in [-0.2, 0) is 17.6 Å². The maximum atomic E-state index is 12.5. The molecule has 26 heavy (non-hydrogen) atoms. The first-order valence-corrected chi connectivity index (χ1v) is 9.47. The summed E-state index contributed by atoms with van der Waals surface area (Å²) < 4.78 is 12.3. The number of thiazole rings is 1. The van der Waals surface area contributed by atoms with Crippen molar-refractivity contribution in [1.29, 1.82) is 0 Å². The molecule has 1 aromatic heterocycles. The van der Waals surface area contributed by atoms with Gasteiger partial charge in [-0.25, -0.2) is 4.98 Å². The van der Waals surface area contributed by atoms with Crippen molar-refractivity contribution < 1.29 is 14.3 Å². The van der Waals surface area contributed by atoms with Gasteiger partial charge in [0.05, 0.1) is 28.3 Å². The van der Waals surface area contributed by atoms with Gasteiger partial charge in [-0.1, -0.05) is 24.3 Å². The summed E-state index contributed by atoms with van der Waals surface area (Å²) in [5, 5.41) is 4.06. The number of nitrogens with zero attached hydrogens (tertiary/aromatic N) is 1. The van der Waals surface area contributed by atoms with Gasteiger partial charge in [-0.05, 0) is 30.2 Å². The summed E-state index contributed by atoms with van der Waals surface area (Å²) in [6.45, 7) is 0.959. The number of fused-ring (bicyclic) bond motifs is 2. The Morgan fingerprint density at radius 3 is 3.04 bits per heavy atom. The van der Waals surface area contributed by atoms with Gasteiger partial charge in [0.25, 0.3) is 0 Å². The van der Waals surface area contributed by atoms with Gasteiger partial charge in [-0.2, -0.15) is 0 Å². The van der Waals surface area contributed by atoms with E-state index in [1.165, 1.54) is 4.70 Å². The fraction of sp³-hybridized carbons (Fsp3) is 0.300. The molecule has 6 heteroatoms. The Morgan fingerprint density at radius 2 is 2.19 bits per heavy atom. The Morgan fingerprint density at radius 1 is 1.31 bits per heavy atom. The topological polar surface area (TPSA) is 60.5 Å². The van der Waals surface area contributed by atoms with E-state index >= 15 is 0 Å². The van der Waals surface area contributed by atoms with Crippen LogP contribution < -0.4 is 14.8 Å². The van der Waals surface area contributed by atoms with Crippen molar-refractivity contribution in [3.63, 3.8) is 0 Å². The summed E-state index contributed by atoms with van der Waals surface area (Å²) in [5.74, 6) is 1.33. The zero-order valence-electron chi connectivity index (χ0n) is 14.5. The Labute approximate surface area is 156 Å². The lowest BCUT2D eigenvalue weighted by Gasteiger charge is -2.25. The van der Waals surface area contributed by atoms with Crippen LogP contribution in [0.25, 0.3) is 10.2 Å². The van der Waals surface area contributed by atoms with Crippen LogP contribution in [0.5, 0.6) is 11.5 Å². The van der Waals surface area contributed by atoms with E-state index in [0.29, 0.717) is 19.6 Å². The van der Waals surface area contributed by atoms with Crippen molar-refractivity contribution in [3.05, 3.63) is 53.0 Å². The van der Waals surface area contributed by atoms with Crippen molar-refractivity contribution in [2.45, 2.75) is 12.8 Å². The van der Waals surface area contributed by atoms with Crippen LogP contribution >= 0.6 is 11.3 Å². The molecule has 1 aliphatic rings. The van der Waals surface area contributed by atoms with E-state index in [1.54, 1.807) is 18.4 Å². The second-order valence-electron chi connectivity index (χ2n) is 6.28. The highest BCUT2D eigenvalue weighted by atomic mass is 32.1. The van der Waals surface area contributed by atoms with Crippen molar-refractivity contribution >= 4 is 27.5 Å². The lowest BCUT2D eigenvalue weighted by Crippen LogP contribution is -2.38. The monoisotopic (exact) mass is 368 g/mol. The minimum atomic E-state index is -0.176. The molecule has 1 amide bonds. The van der Waals surface area contributed by atoms with E-state index in [2.05, 4.69) is 16.4 Å². The number of hydrogen-bond acceptors (Lipinski definition) is 5. The number of carbonyl (C=O) groups excluding carboxylic acids is 1. The maximum absolute atomic E-state index is 12.5. The smallest absolute Gasteiger partial charge is 0.226 e. The van der Waals surface area contributed by atoms with E-state index < -0.39 is 0 Å². The highest BCUT2D eigenvalue weighted by Gasteiger charge is 2.27. The average Bonchev–Trinajstić information content (AvgIpc) is 3.09. The molecule has 2 heterocycles. The highest BCUT2D eigenvalue weighted by Crippen LogP contribution is 2.36. The number of benzene rings is 2. The summed E-state index contributed by atoms with van der Waals surface area (Å²) >= 11 is 1.68. The molecule has 1 unspecified atom stereocenters. The molecule has 134 valence electrons. The number of aromatic nitrogens is 1. The van der Waals surface area contributed by atoms with Crippen LogP contribution in [0.3, 0.4) is 0 Å². The number of para-hydroxylation sites is 2. The molecule has 1 aliphatic heterocycles. The van der Waals surface area contributed by atoms with Crippen LogP contribution in [-0.4, -0.2) is 31.2 Å². The number of amides is 1. The Kier molecular flexibility index (Phi) is 4.75. The summed E-state index contributed by atoms with van der Waals surface area (Å²) in [5.41, 5.74) is 2.03. The SMILES string of the molecule is COc1cccc2c1OCC(C(=O)NCCc1nc3ccccc3s1)C2. The predicted octanol–water partition coefficient (Wildman–Crippen LogP) is 3.21. The molecule has 0 radical (unpaired) electrons. The number of hydrogen-bond donors (Lipinski definition) is 1. The number of rotatable bonds is 5. The molecule has 0 aliphatic carbocycles. The molecular formula is C20H20N2O3S. The van der Waals surface area contributed by atoms with Gasteiger partial charge in [0, 0.05) is 13.0 Å². The van der Waals surface area contributed by atoms with Crippen LogP contribution in [0.2, 0.25) is 0 Å². The third-order valence-electron chi connectivity index (χ3n) is 4.52. The van der Waals surface area contributed by atoms with E-state index in [9.17, 15) is 4.79 Å². The first-order valence-electron chi connectivity index (χ1n) is 8.65. The largest absolute Gasteiger partial charge is 0.493 e. The van der Waals surface area contributed by atoms with Gasteiger partial charge in [-0.15, -0.1) is 11.3 Å². The quantitative estimate of drug-likeness (QED) is 0.751. The first kappa shape index (κ1) is 16.8.